The average Bonchev–Trinajstić information content (AvgIpc) is 3.06. The average molecular weight is 278 g/mol. The number of ether oxygens (including phenoxy) is 1. The number of carbonyl (C=O) groups is 1. The van der Waals surface area contributed by atoms with E-state index in [4.69, 9.17) is 4.74 Å². The van der Waals surface area contributed by atoms with E-state index < -0.39 is 0 Å². The van der Waals surface area contributed by atoms with Gasteiger partial charge in [0.25, 0.3) is 0 Å². The van der Waals surface area contributed by atoms with E-state index in [2.05, 4.69) is 10.3 Å². The lowest BCUT2D eigenvalue weighted by atomic mass is 9.92. The zero-order chi connectivity index (χ0) is 14.4. The smallest absolute Gasteiger partial charge is 0.236 e. The van der Waals surface area contributed by atoms with Gasteiger partial charge in [-0.3, -0.25) is 4.79 Å². The molecule has 0 saturated carbocycles. The number of methoxy groups -OCH3 is 1. The molecule has 2 aromatic carbocycles. The molecule has 1 aliphatic rings. The molecule has 4 heteroatoms. The number of nitrogens with one attached hydrogen (secondary N) is 2. The third-order valence-corrected chi connectivity index (χ3v) is 4.02. The predicted molar refractivity (Wildman–Crippen MR) is 81.8 cm³/mol. The number of amides is 1. The van der Waals surface area contributed by atoms with E-state index in [0.717, 1.165) is 33.5 Å². The van der Waals surface area contributed by atoms with Gasteiger partial charge < -0.3 is 15.0 Å². The zero-order valence-electron chi connectivity index (χ0n) is 11.5. The number of benzene rings is 2. The Balaban J connectivity index is 1.92. The van der Waals surface area contributed by atoms with Crippen LogP contribution in [0.15, 0.2) is 48.7 Å². The molecule has 2 N–H and O–H groups in total. The summed E-state index contributed by atoms with van der Waals surface area (Å²) in [7, 11) is 1.64. The summed E-state index contributed by atoms with van der Waals surface area (Å²) in [5, 5.41) is 3.96. The van der Waals surface area contributed by atoms with E-state index in [1.54, 1.807) is 7.11 Å². The Morgan fingerprint density at radius 2 is 1.95 bits per heavy atom. The molecule has 1 atom stereocenters. The number of aromatic amines is 1. The number of aromatic nitrogens is 1. The van der Waals surface area contributed by atoms with Gasteiger partial charge in [0, 0.05) is 22.8 Å². The number of hydrogen-bond donors (Lipinski definition) is 2. The van der Waals surface area contributed by atoms with Gasteiger partial charge in [-0.05, 0) is 35.4 Å². The van der Waals surface area contributed by atoms with Crippen LogP contribution in [0.25, 0.3) is 10.9 Å². The van der Waals surface area contributed by atoms with Crippen LogP contribution in [0.3, 0.4) is 0 Å². The van der Waals surface area contributed by atoms with Crippen molar-refractivity contribution in [3.8, 4) is 5.75 Å². The summed E-state index contributed by atoms with van der Waals surface area (Å²) in [6.07, 6.45) is 1.91. The Hall–Kier alpha value is -2.75. The molecule has 1 aromatic heterocycles. The van der Waals surface area contributed by atoms with Crippen LogP contribution in [-0.2, 0) is 4.79 Å². The first kappa shape index (κ1) is 12.0. The maximum atomic E-state index is 12.4. The maximum absolute atomic E-state index is 12.4. The van der Waals surface area contributed by atoms with Gasteiger partial charge in [-0.1, -0.05) is 18.2 Å². The van der Waals surface area contributed by atoms with E-state index in [1.807, 2.05) is 48.7 Å². The normalized spacial score (nSPS) is 16.8. The summed E-state index contributed by atoms with van der Waals surface area (Å²) >= 11 is 0. The topological polar surface area (TPSA) is 54.1 Å². The summed E-state index contributed by atoms with van der Waals surface area (Å²) < 4.78 is 5.29. The zero-order valence-corrected chi connectivity index (χ0v) is 11.5. The van der Waals surface area contributed by atoms with Crippen molar-refractivity contribution < 1.29 is 9.53 Å². The van der Waals surface area contributed by atoms with Crippen LogP contribution in [0.2, 0.25) is 0 Å². The summed E-state index contributed by atoms with van der Waals surface area (Å²) in [6.45, 7) is 0. The van der Waals surface area contributed by atoms with E-state index in [9.17, 15) is 4.79 Å². The second kappa shape index (κ2) is 4.38. The van der Waals surface area contributed by atoms with Crippen LogP contribution in [-0.4, -0.2) is 18.0 Å². The second-order valence-electron chi connectivity index (χ2n) is 5.17. The van der Waals surface area contributed by atoms with Crippen LogP contribution in [0.5, 0.6) is 5.75 Å². The fourth-order valence-electron chi connectivity index (χ4n) is 3.00. The molecule has 2 heterocycles. The van der Waals surface area contributed by atoms with Crippen molar-refractivity contribution >= 4 is 22.5 Å². The lowest BCUT2D eigenvalue weighted by Gasteiger charge is -2.08. The highest BCUT2D eigenvalue weighted by molar-refractivity contribution is 6.07. The second-order valence-corrected chi connectivity index (χ2v) is 5.17. The number of para-hydroxylation sites is 1. The highest BCUT2D eigenvalue weighted by Gasteiger charge is 2.33. The maximum Gasteiger partial charge on any atom is 0.236 e. The van der Waals surface area contributed by atoms with Crippen LogP contribution < -0.4 is 10.1 Å². The van der Waals surface area contributed by atoms with E-state index in [1.165, 1.54) is 0 Å². The van der Waals surface area contributed by atoms with Crippen molar-refractivity contribution in [1.29, 1.82) is 0 Å². The fraction of sp³-hybridized carbons (Fsp3) is 0.118. The van der Waals surface area contributed by atoms with E-state index in [-0.39, 0.29) is 11.8 Å². The minimum Gasteiger partial charge on any atom is -0.497 e. The fourth-order valence-corrected chi connectivity index (χ4v) is 3.00. The first-order valence-electron chi connectivity index (χ1n) is 6.83. The molecule has 3 aromatic rings. The number of carbonyl (C=O) groups excluding carboxylic acids is 1. The Morgan fingerprint density at radius 1 is 1.10 bits per heavy atom. The largest absolute Gasteiger partial charge is 0.497 e. The molecule has 4 rings (SSSR count). The van der Waals surface area contributed by atoms with Gasteiger partial charge in [0.2, 0.25) is 5.91 Å². The summed E-state index contributed by atoms with van der Waals surface area (Å²) in [5.41, 5.74) is 3.89. The van der Waals surface area contributed by atoms with Gasteiger partial charge in [-0.15, -0.1) is 0 Å². The minimum absolute atomic E-state index is 0.0138. The molecule has 1 aliphatic heterocycles. The molecule has 1 amide bonds. The van der Waals surface area contributed by atoms with Crippen molar-refractivity contribution in [2.45, 2.75) is 5.92 Å². The molecule has 1 unspecified atom stereocenters. The molecule has 104 valence electrons. The predicted octanol–water partition coefficient (Wildman–Crippen LogP) is 3.26. The third-order valence-electron chi connectivity index (χ3n) is 4.02. The van der Waals surface area contributed by atoms with Crippen molar-refractivity contribution in [3.63, 3.8) is 0 Å². The molecule has 0 bridgehead atoms. The molecule has 0 spiro atoms. The summed E-state index contributed by atoms with van der Waals surface area (Å²) in [6, 6.07) is 13.7. The monoisotopic (exact) mass is 278 g/mol. The lowest BCUT2D eigenvalue weighted by molar-refractivity contribution is -0.116. The SMILES string of the molecule is COc1ccc2[nH]cc(C3C(=O)Nc4ccccc43)c2c1. The summed E-state index contributed by atoms with van der Waals surface area (Å²) in [5.74, 6) is 0.525. The quantitative estimate of drug-likeness (QED) is 0.756. The first-order chi connectivity index (χ1) is 10.3. The van der Waals surface area contributed by atoms with Crippen LogP contribution >= 0.6 is 0 Å². The third kappa shape index (κ3) is 1.72. The highest BCUT2D eigenvalue weighted by atomic mass is 16.5. The Bertz CT molecular complexity index is 851. The van der Waals surface area contributed by atoms with Gasteiger partial charge in [-0.25, -0.2) is 0 Å². The van der Waals surface area contributed by atoms with Crippen molar-refractivity contribution in [1.82, 2.24) is 4.98 Å². The Kier molecular flexibility index (Phi) is 2.51. The molecule has 0 fully saturated rings. The number of rotatable bonds is 2. The molecular formula is C17H14N2O2. The van der Waals surface area contributed by atoms with Gasteiger partial charge in [0.05, 0.1) is 13.0 Å². The Morgan fingerprint density at radius 3 is 2.81 bits per heavy atom. The van der Waals surface area contributed by atoms with E-state index in [0.29, 0.717) is 0 Å². The molecule has 4 nitrogen and oxygen atoms in total. The van der Waals surface area contributed by atoms with Crippen LogP contribution in [0, 0.1) is 0 Å². The highest BCUT2D eigenvalue weighted by Crippen LogP contribution is 2.40. The first-order valence-corrected chi connectivity index (χ1v) is 6.83. The summed E-state index contributed by atoms with van der Waals surface area (Å²) in [4.78, 5) is 15.6. The number of anilines is 1. The minimum atomic E-state index is -0.276. The molecule has 0 radical (unpaired) electrons. The van der Waals surface area contributed by atoms with Crippen molar-refractivity contribution in [3.05, 3.63) is 59.8 Å². The van der Waals surface area contributed by atoms with E-state index >= 15 is 0 Å². The van der Waals surface area contributed by atoms with Crippen LogP contribution in [0.4, 0.5) is 5.69 Å². The number of H-pyrrole nitrogens is 1. The van der Waals surface area contributed by atoms with Crippen LogP contribution in [0.1, 0.15) is 17.0 Å². The van der Waals surface area contributed by atoms with Gasteiger partial charge >= 0.3 is 0 Å². The van der Waals surface area contributed by atoms with Gasteiger partial charge in [0.15, 0.2) is 0 Å². The molecular weight excluding hydrogens is 264 g/mol. The molecule has 0 saturated heterocycles. The standard InChI is InChI=1S/C17H14N2O2/c1-21-10-6-7-14-12(8-10)13(9-18-14)16-11-4-2-3-5-15(11)19-17(16)20/h2-9,16,18H,1H3,(H,19,20). The molecule has 21 heavy (non-hydrogen) atoms. The number of hydrogen-bond acceptors (Lipinski definition) is 2. The number of fused-ring (bicyclic) bond motifs is 2. The Labute approximate surface area is 121 Å². The van der Waals surface area contributed by atoms with Gasteiger partial charge in [0.1, 0.15) is 5.75 Å². The van der Waals surface area contributed by atoms with Crippen molar-refractivity contribution in [2.75, 3.05) is 12.4 Å². The lowest BCUT2D eigenvalue weighted by Crippen LogP contribution is -2.12. The van der Waals surface area contributed by atoms with Crippen molar-refractivity contribution in [2.24, 2.45) is 0 Å². The molecule has 0 aliphatic carbocycles. The van der Waals surface area contributed by atoms with Gasteiger partial charge in [-0.2, -0.15) is 0 Å².